The van der Waals surface area contributed by atoms with Crippen LogP contribution in [0.3, 0.4) is 0 Å². The lowest BCUT2D eigenvalue weighted by Gasteiger charge is -2.13. The molecule has 3 nitrogen and oxygen atoms in total. The second kappa shape index (κ2) is 6.10. The first kappa shape index (κ1) is 13.8. The van der Waals surface area contributed by atoms with E-state index < -0.39 is 0 Å². The highest BCUT2D eigenvalue weighted by Gasteiger charge is 2.16. The van der Waals surface area contributed by atoms with Gasteiger partial charge < -0.3 is 9.30 Å². The minimum atomic E-state index is -0.302. The van der Waals surface area contributed by atoms with Crippen molar-refractivity contribution in [2.45, 2.75) is 44.2 Å². The number of hydrogen-bond donors (Lipinski definition) is 0. The molecule has 1 aromatic carbocycles. The van der Waals surface area contributed by atoms with E-state index in [0.717, 1.165) is 18.4 Å². The van der Waals surface area contributed by atoms with Crippen molar-refractivity contribution in [1.29, 1.82) is 0 Å². The van der Waals surface area contributed by atoms with E-state index in [1.165, 1.54) is 18.9 Å². The maximum absolute atomic E-state index is 13.7. The van der Waals surface area contributed by atoms with Crippen LogP contribution in [0.25, 0.3) is 11.0 Å². The highest BCUT2D eigenvalue weighted by atomic mass is 35.5. The van der Waals surface area contributed by atoms with Gasteiger partial charge in [0.1, 0.15) is 11.3 Å². The molecule has 0 aliphatic heterocycles. The molecule has 108 valence electrons. The van der Waals surface area contributed by atoms with Crippen LogP contribution in [0.1, 0.15) is 31.5 Å². The van der Waals surface area contributed by atoms with Gasteiger partial charge in [0, 0.05) is 6.54 Å². The van der Waals surface area contributed by atoms with Crippen molar-refractivity contribution in [2.24, 2.45) is 0 Å². The number of halogens is 2. The summed E-state index contributed by atoms with van der Waals surface area (Å²) in [6, 6.07) is 5.00. The number of alkyl halides is 1. The van der Waals surface area contributed by atoms with Crippen LogP contribution in [0.5, 0.6) is 0 Å². The smallest absolute Gasteiger partial charge is 0.151 e. The van der Waals surface area contributed by atoms with E-state index in [1.54, 1.807) is 6.07 Å². The number of imidazole rings is 1. The lowest BCUT2D eigenvalue weighted by atomic mass is 10.3. The minimum absolute atomic E-state index is 0.275. The Morgan fingerprint density at radius 1 is 1.35 bits per heavy atom. The molecule has 0 amide bonds. The van der Waals surface area contributed by atoms with Crippen LogP contribution in [-0.2, 0) is 17.2 Å². The number of benzene rings is 1. The Balaban J connectivity index is 1.77. The van der Waals surface area contributed by atoms with Crippen LogP contribution in [0.4, 0.5) is 4.39 Å². The van der Waals surface area contributed by atoms with Gasteiger partial charge in [-0.1, -0.05) is 18.9 Å². The normalized spacial score (nSPS) is 16.3. The topological polar surface area (TPSA) is 27.1 Å². The third-order valence-corrected chi connectivity index (χ3v) is 4.14. The number of para-hydroxylation sites is 1. The molecule has 20 heavy (non-hydrogen) atoms. The summed E-state index contributed by atoms with van der Waals surface area (Å²) in [4.78, 5) is 4.28. The van der Waals surface area contributed by atoms with E-state index in [9.17, 15) is 4.39 Å². The molecule has 1 heterocycles. The summed E-state index contributed by atoms with van der Waals surface area (Å²) >= 11 is 5.92. The molecule has 1 aliphatic carbocycles. The Morgan fingerprint density at radius 3 is 2.90 bits per heavy atom. The summed E-state index contributed by atoms with van der Waals surface area (Å²) < 4.78 is 21.6. The molecule has 0 unspecified atom stereocenters. The molecule has 3 rings (SSSR count). The third-order valence-electron chi connectivity index (χ3n) is 3.90. The fourth-order valence-electron chi connectivity index (χ4n) is 2.88. The van der Waals surface area contributed by atoms with E-state index >= 15 is 0 Å². The van der Waals surface area contributed by atoms with Crippen molar-refractivity contribution in [3.8, 4) is 0 Å². The largest absolute Gasteiger partial charge is 0.376 e. The SMILES string of the molecule is Fc1cccc2c1nc(CCl)n2CCOC1CCCC1. The van der Waals surface area contributed by atoms with Gasteiger partial charge in [-0.05, 0) is 25.0 Å². The molecular formula is C15H18ClFN2O. The lowest BCUT2D eigenvalue weighted by molar-refractivity contribution is 0.0532. The monoisotopic (exact) mass is 296 g/mol. The molecule has 1 aromatic heterocycles. The van der Waals surface area contributed by atoms with Crippen LogP contribution in [0, 0.1) is 5.82 Å². The van der Waals surface area contributed by atoms with E-state index in [4.69, 9.17) is 16.3 Å². The standard InChI is InChI=1S/C15H18ClFN2O/c16-10-14-18-15-12(17)6-3-7-13(15)19(14)8-9-20-11-4-1-2-5-11/h3,6-7,11H,1-2,4-5,8-10H2. The van der Waals surface area contributed by atoms with E-state index in [0.29, 0.717) is 30.6 Å². The number of aromatic nitrogens is 2. The summed E-state index contributed by atoms with van der Waals surface area (Å²) in [7, 11) is 0. The Morgan fingerprint density at radius 2 is 2.15 bits per heavy atom. The van der Waals surface area contributed by atoms with Crippen LogP contribution in [0.2, 0.25) is 0 Å². The quantitative estimate of drug-likeness (QED) is 0.783. The van der Waals surface area contributed by atoms with Crippen LogP contribution in [-0.4, -0.2) is 22.3 Å². The molecule has 0 N–H and O–H groups in total. The molecule has 1 aliphatic rings. The predicted molar refractivity (Wildman–Crippen MR) is 77.5 cm³/mol. The molecule has 1 saturated carbocycles. The Labute approximate surface area is 122 Å². The second-order valence-electron chi connectivity index (χ2n) is 5.20. The zero-order valence-electron chi connectivity index (χ0n) is 11.3. The van der Waals surface area contributed by atoms with E-state index in [2.05, 4.69) is 4.98 Å². The molecule has 0 atom stereocenters. The second-order valence-corrected chi connectivity index (χ2v) is 5.47. The Hall–Kier alpha value is -1.13. The molecule has 2 aromatic rings. The first-order chi connectivity index (χ1) is 9.79. The first-order valence-corrected chi connectivity index (χ1v) is 7.64. The van der Waals surface area contributed by atoms with Gasteiger partial charge in [-0.3, -0.25) is 0 Å². The van der Waals surface area contributed by atoms with Gasteiger partial charge in [-0.25, -0.2) is 9.37 Å². The lowest BCUT2D eigenvalue weighted by Crippen LogP contribution is -2.14. The van der Waals surface area contributed by atoms with Crippen molar-refractivity contribution >= 4 is 22.6 Å². The van der Waals surface area contributed by atoms with Crippen LogP contribution >= 0.6 is 11.6 Å². The minimum Gasteiger partial charge on any atom is -0.376 e. The van der Waals surface area contributed by atoms with Gasteiger partial charge in [-0.2, -0.15) is 0 Å². The third kappa shape index (κ3) is 2.67. The zero-order valence-corrected chi connectivity index (χ0v) is 12.1. The molecule has 0 spiro atoms. The number of rotatable bonds is 5. The highest BCUT2D eigenvalue weighted by Crippen LogP contribution is 2.22. The van der Waals surface area contributed by atoms with Crippen molar-refractivity contribution in [3.05, 3.63) is 29.8 Å². The fourth-order valence-corrected chi connectivity index (χ4v) is 3.08. The van der Waals surface area contributed by atoms with Gasteiger partial charge in [0.05, 0.1) is 24.1 Å². The van der Waals surface area contributed by atoms with Crippen molar-refractivity contribution in [3.63, 3.8) is 0 Å². The fraction of sp³-hybridized carbons (Fsp3) is 0.533. The maximum Gasteiger partial charge on any atom is 0.151 e. The summed E-state index contributed by atoms with van der Waals surface area (Å²) in [6.07, 6.45) is 5.22. The van der Waals surface area contributed by atoms with Gasteiger partial charge in [-0.15, -0.1) is 11.6 Å². The van der Waals surface area contributed by atoms with Gasteiger partial charge in [0.2, 0.25) is 0 Å². The average molecular weight is 297 g/mol. The number of nitrogens with zero attached hydrogens (tertiary/aromatic N) is 2. The Kier molecular flexibility index (Phi) is 4.22. The summed E-state index contributed by atoms with van der Waals surface area (Å²) in [5.41, 5.74) is 1.18. The van der Waals surface area contributed by atoms with E-state index in [1.807, 2.05) is 10.6 Å². The van der Waals surface area contributed by atoms with Crippen molar-refractivity contribution in [2.75, 3.05) is 6.61 Å². The summed E-state index contributed by atoms with van der Waals surface area (Å²) in [5.74, 6) is 0.670. The predicted octanol–water partition coefficient (Wildman–Crippen LogP) is 3.87. The summed E-state index contributed by atoms with van der Waals surface area (Å²) in [6.45, 7) is 1.29. The van der Waals surface area contributed by atoms with Crippen molar-refractivity contribution in [1.82, 2.24) is 9.55 Å². The molecule has 0 bridgehead atoms. The van der Waals surface area contributed by atoms with Crippen LogP contribution < -0.4 is 0 Å². The molecule has 0 saturated heterocycles. The van der Waals surface area contributed by atoms with Crippen LogP contribution in [0.15, 0.2) is 18.2 Å². The van der Waals surface area contributed by atoms with Gasteiger partial charge in [0.15, 0.2) is 5.82 Å². The summed E-state index contributed by atoms with van der Waals surface area (Å²) in [5, 5.41) is 0. The number of ether oxygens (including phenoxy) is 1. The molecule has 1 fully saturated rings. The first-order valence-electron chi connectivity index (χ1n) is 7.11. The van der Waals surface area contributed by atoms with Gasteiger partial charge >= 0.3 is 0 Å². The highest BCUT2D eigenvalue weighted by molar-refractivity contribution is 6.16. The molecule has 0 radical (unpaired) electrons. The van der Waals surface area contributed by atoms with Gasteiger partial charge in [0.25, 0.3) is 0 Å². The zero-order chi connectivity index (χ0) is 13.9. The maximum atomic E-state index is 13.7. The number of fused-ring (bicyclic) bond motifs is 1. The number of hydrogen-bond acceptors (Lipinski definition) is 2. The molecular weight excluding hydrogens is 279 g/mol. The molecule has 5 heteroatoms. The van der Waals surface area contributed by atoms with E-state index in [-0.39, 0.29) is 11.7 Å². The average Bonchev–Trinajstić information content (AvgIpc) is 3.08. The van der Waals surface area contributed by atoms with Crippen molar-refractivity contribution < 1.29 is 9.13 Å². The Bertz CT molecular complexity index is 593.